The van der Waals surface area contributed by atoms with Crippen molar-refractivity contribution in [2.45, 2.75) is 45.4 Å². The van der Waals surface area contributed by atoms with E-state index in [9.17, 15) is 9.90 Å². The highest BCUT2D eigenvalue weighted by molar-refractivity contribution is 5.85. The second-order valence-corrected chi connectivity index (χ2v) is 7.56. The molecule has 1 aliphatic heterocycles. The lowest BCUT2D eigenvalue weighted by Crippen LogP contribution is -2.39. The fraction of sp³-hybridized carbons (Fsp3) is 0.450. The molecule has 0 spiro atoms. The van der Waals surface area contributed by atoms with Gasteiger partial charge < -0.3 is 9.84 Å². The second kappa shape index (κ2) is 6.44. The third-order valence-electron chi connectivity index (χ3n) is 4.38. The minimum Gasteiger partial charge on any atom is -0.444 e. The lowest BCUT2D eigenvalue weighted by molar-refractivity contribution is -0.0128. The summed E-state index contributed by atoms with van der Waals surface area (Å²) >= 11 is 0. The molecule has 0 aromatic heterocycles. The topological polar surface area (TPSA) is 49.8 Å². The average molecular weight is 327 g/mol. The molecular formula is C20H25NO3. The van der Waals surface area contributed by atoms with Gasteiger partial charge in [0.15, 0.2) is 0 Å². The summed E-state index contributed by atoms with van der Waals surface area (Å²) < 4.78 is 5.39. The van der Waals surface area contributed by atoms with Gasteiger partial charge in [-0.15, -0.1) is 0 Å². The molecule has 1 saturated heterocycles. The maximum atomic E-state index is 12.2. The Morgan fingerprint density at radius 1 is 1.21 bits per heavy atom. The largest absolute Gasteiger partial charge is 0.444 e. The highest BCUT2D eigenvalue weighted by atomic mass is 16.6. The van der Waals surface area contributed by atoms with E-state index in [1.807, 2.05) is 32.9 Å². The zero-order valence-electron chi connectivity index (χ0n) is 14.5. The maximum absolute atomic E-state index is 12.2. The number of hydrogen-bond acceptors (Lipinski definition) is 3. The number of aliphatic hydroxyl groups excluding tert-OH is 1. The quantitative estimate of drug-likeness (QED) is 0.908. The first-order valence-corrected chi connectivity index (χ1v) is 8.48. The van der Waals surface area contributed by atoms with Crippen molar-refractivity contribution < 1.29 is 14.6 Å². The summed E-state index contributed by atoms with van der Waals surface area (Å²) in [4.78, 5) is 13.7. The van der Waals surface area contributed by atoms with Gasteiger partial charge in [-0.3, -0.25) is 4.90 Å². The van der Waals surface area contributed by atoms with Crippen LogP contribution in [0.5, 0.6) is 0 Å². The normalized spacial score (nSPS) is 21.2. The molecule has 0 bridgehead atoms. The molecule has 4 nitrogen and oxygen atoms in total. The summed E-state index contributed by atoms with van der Waals surface area (Å²) in [6.45, 7) is 6.03. The Labute approximate surface area is 143 Å². The standard InChI is InChI=1S/C20H25NO3/c1-20(2,3)24-19(23)21-13-14(12-18(21)22)11-16-9-6-8-15-7-4-5-10-17(15)16/h4-10,14,18,22H,11-13H2,1-3H3/t14-,18?/m1/s1. The molecule has 2 aromatic rings. The fourth-order valence-electron chi connectivity index (χ4n) is 3.35. The van der Waals surface area contributed by atoms with Crippen LogP contribution in [0.3, 0.4) is 0 Å². The predicted molar refractivity (Wildman–Crippen MR) is 94.7 cm³/mol. The number of carbonyl (C=O) groups excluding carboxylic acids is 1. The molecule has 2 atom stereocenters. The van der Waals surface area contributed by atoms with Gasteiger partial charge in [-0.25, -0.2) is 4.79 Å². The number of amides is 1. The predicted octanol–water partition coefficient (Wildman–Crippen LogP) is 3.96. The molecule has 0 radical (unpaired) electrons. The number of nitrogens with zero attached hydrogens (tertiary/aromatic N) is 1. The van der Waals surface area contributed by atoms with E-state index in [0.29, 0.717) is 13.0 Å². The number of rotatable bonds is 2. The van der Waals surface area contributed by atoms with Crippen LogP contribution in [0.25, 0.3) is 10.8 Å². The molecule has 128 valence electrons. The number of fused-ring (bicyclic) bond motifs is 1. The Balaban J connectivity index is 1.72. The van der Waals surface area contributed by atoms with Crippen molar-refractivity contribution in [3.63, 3.8) is 0 Å². The highest BCUT2D eigenvalue weighted by Crippen LogP contribution is 2.29. The van der Waals surface area contributed by atoms with Gasteiger partial charge >= 0.3 is 6.09 Å². The zero-order chi connectivity index (χ0) is 17.3. The van der Waals surface area contributed by atoms with Crippen molar-refractivity contribution in [3.8, 4) is 0 Å². The monoisotopic (exact) mass is 327 g/mol. The van der Waals surface area contributed by atoms with Crippen molar-refractivity contribution >= 4 is 16.9 Å². The van der Waals surface area contributed by atoms with E-state index in [1.54, 1.807) is 0 Å². The third-order valence-corrected chi connectivity index (χ3v) is 4.38. The minimum atomic E-state index is -0.764. The Kier molecular flexibility index (Phi) is 4.50. The Hall–Kier alpha value is -2.07. The van der Waals surface area contributed by atoms with Crippen LogP contribution in [-0.2, 0) is 11.2 Å². The molecule has 1 aliphatic rings. The van der Waals surface area contributed by atoms with Crippen LogP contribution >= 0.6 is 0 Å². The van der Waals surface area contributed by atoms with Gasteiger partial charge in [0, 0.05) is 6.54 Å². The van der Waals surface area contributed by atoms with E-state index >= 15 is 0 Å². The van der Waals surface area contributed by atoms with Gasteiger partial charge in [0.2, 0.25) is 0 Å². The van der Waals surface area contributed by atoms with E-state index in [4.69, 9.17) is 4.74 Å². The van der Waals surface area contributed by atoms with E-state index in [1.165, 1.54) is 21.2 Å². The first kappa shape index (κ1) is 16.8. The summed E-state index contributed by atoms with van der Waals surface area (Å²) in [7, 11) is 0. The lowest BCUT2D eigenvalue weighted by atomic mass is 9.94. The molecule has 0 saturated carbocycles. The Morgan fingerprint density at radius 3 is 2.67 bits per heavy atom. The van der Waals surface area contributed by atoms with Gasteiger partial charge in [-0.2, -0.15) is 0 Å². The summed E-state index contributed by atoms with van der Waals surface area (Å²) in [6.07, 6.45) is 0.232. The van der Waals surface area contributed by atoms with Crippen molar-refractivity contribution in [3.05, 3.63) is 48.0 Å². The zero-order valence-corrected chi connectivity index (χ0v) is 14.5. The van der Waals surface area contributed by atoms with Gasteiger partial charge in [0.25, 0.3) is 0 Å². The van der Waals surface area contributed by atoms with Crippen molar-refractivity contribution in [1.82, 2.24) is 4.90 Å². The van der Waals surface area contributed by atoms with Crippen molar-refractivity contribution in [2.24, 2.45) is 5.92 Å². The van der Waals surface area contributed by atoms with Gasteiger partial charge in [0.1, 0.15) is 11.8 Å². The number of benzene rings is 2. The number of hydrogen-bond donors (Lipinski definition) is 1. The molecule has 1 N–H and O–H groups in total. The molecule has 24 heavy (non-hydrogen) atoms. The van der Waals surface area contributed by atoms with Crippen LogP contribution in [0, 0.1) is 5.92 Å². The van der Waals surface area contributed by atoms with Crippen molar-refractivity contribution in [2.75, 3.05) is 6.54 Å². The Bertz CT molecular complexity index is 730. The number of aliphatic hydroxyl groups is 1. The molecule has 3 rings (SSSR count). The molecule has 1 fully saturated rings. The molecule has 1 heterocycles. The fourth-order valence-corrected chi connectivity index (χ4v) is 3.35. The number of carbonyl (C=O) groups is 1. The molecule has 2 aromatic carbocycles. The molecule has 0 aliphatic carbocycles. The molecule has 4 heteroatoms. The van der Waals surface area contributed by atoms with Crippen LogP contribution < -0.4 is 0 Å². The summed E-state index contributed by atoms with van der Waals surface area (Å²) in [5.41, 5.74) is 0.709. The number of ether oxygens (including phenoxy) is 1. The summed E-state index contributed by atoms with van der Waals surface area (Å²) in [5.74, 6) is 0.235. The van der Waals surface area contributed by atoms with Crippen LogP contribution in [0.15, 0.2) is 42.5 Å². The molecule has 1 unspecified atom stereocenters. The first-order chi connectivity index (χ1) is 11.3. The first-order valence-electron chi connectivity index (χ1n) is 8.48. The lowest BCUT2D eigenvalue weighted by Gasteiger charge is -2.26. The molecule has 1 amide bonds. The van der Waals surface area contributed by atoms with Gasteiger partial charge in [-0.05, 0) is 55.9 Å². The smallest absolute Gasteiger partial charge is 0.412 e. The van der Waals surface area contributed by atoms with E-state index in [0.717, 1.165) is 6.42 Å². The van der Waals surface area contributed by atoms with Gasteiger partial charge in [0.05, 0.1) is 0 Å². The highest BCUT2D eigenvalue weighted by Gasteiger charge is 2.36. The van der Waals surface area contributed by atoms with Crippen LogP contribution in [0.4, 0.5) is 4.79 Å². The van der Waals surface area contributed by atoms with Crippen LogP contribution in [0.1, 0.15) is 32.8 Å². The van der Waals surface area contributed by atoms with Gasteiger partial charge in [-0.1, -0.05) is 42.5 Å². The van der Waals surface area contributed by atoms with Crippen molar-refractivity contribution in [1.29, 1.82) is 0 Å². The maximum Gasteiger partial charge on any atom is 0.412 e. The summed E-state index contributed by atoms with van der Waals surface area (Å²) in [5, 5.41) is 12.7. The van der Waals surface area contributed by atoms with Crippen LogP contribution in [-0.4, -0.2) is 34.5 Å². The molecular weight excluding hydrogens is 302 g/mol. The van der Waals surface area contributed by atoms with Crippen LogP contribution in [0.2, 0.25) is 0 Å². The van der Waals surface area contributed by atoms with E-state index in [-0.39, 0.29) is 5.92 Å². The van der Waals surface area contributed by atoms with E-state index in [2.05, 4.69) is 30.3 Å². The average Bonchev–Trinajstić information content (AvgIpc) is 2.87. The Morgan fingerprint density at radius 2 is 1.92 bits per heavy atom. The minimum absolute atomic E-state index is 0.235. The summed E-state index contributed by atoms with van der Waals surface area (Å²) in [6, 6.07) is 14.6. The second-order valence-electron chi connectivity index (χ2n) is 7.56. The SMILES string of the molecule is CC(C)(C)OC(=O)N1C[C@H](Cc2cccc3ccccc23)CC1O. The van der Waals surface area contributed by atoms with E-state index < -0.39 is 17.9 Å². The third kappa shape index (κ3) is 3.70. The number of likely N-dealkylation sites (tertiary alicyclic amines) is 1.